The van der Waals surface area contributed by atoms with Crippen LogP contribution in [0.4, 0.5) is 0 Å². The number of aliphatic carboxylic acids is 1. The summed E-state index contributed by atoms with van der Waals surface area (Å²) in [4.78, 5) is 19.1. The van der Waals surface area contributed by atoms with Gasteiger partial charge in [-0.2, -0.15) is 0 Å². The molecule has 0 aliphatic heterocycles. The average Bonchev–Trinajstić information content (AvgIpc) is 2.84. The molecular weight excluding hydrogens is 252 g/mol. The fourth-order valence-corrected chi connectivity index (χ4v) is 3.01. The van der Waals surface area contributed by atoms with Crippen LogP contribution in [0.25, 0.3) is 0 Å². The summed E-state index contributed by atoms with van der Waals surface area (Å²) in [6, 6.07) is 0. The smallest absolute Gasteiger partial charge is 0.312 e. The van der Waals surface area contributed by atoms with Crippen LogP contribution in [0.3, 0.4) is 0 Å². The van der Waals surface area contributed by atoms with Gasteiger partial charge in [0.15, 0.2) is 0 Å². The molecule has 1 heterocycles. The molecule has 2 N–H and O–H groups in total. The first-order valence-electron chi connectivity index (χ1n) is 8.02. The summed E-state index contributed by atoms with van der Waals surface area (Å²) in [5.74, 6) is -0.143. The third-order valence-corrected chi connectivity index (χ3v) is 4.17. The van der Waals surface area contributed by atoms with Crippen LogP contribution < -0.4 is 0 Å². The van der Waals surface area contributed by atoms with Crippen LogP contribution in [-0.2, 0) is 17.6 Å². The quantitative estimate of drug-likeness (QED) is 0.710. The Bertz CT molecular complexity index is 440. The molecule has 4 nitrogen and oxygen atoms in total. The number of H-pyrrole nitrogens is 1. The Hall–Kier alpha value is -1.32. The van der Waals surface area contributed by atoms with Crippen molar-refractivity contribution >= 4 is 5.97 Å². The number of rotatable bonds is 8. The molecule has 0 bridgehead atoms. The van der Waals surface area contributed by atoms with E-state index >= 15 is 0 Å². The van der Waals surface area contributed by atoms with E-state index in [9.17, 15) is 9.90 Å². The number of nitrogens with zero attached hydrogens (tertiary/aromatic N) is 1. The van der Waals surface area contributed by atoms with Crippen molar-refractivity contribution in [3.05, 3.63) is 17.2 Å². The molecular formula is C16H26N2O2. The highest BCUT2D eigenvalue weighted by atomic mass is 16.4. The van der Waals surface area contributed by atoms with Crippen LogP contribution >= 0.6 is 0 Å². The lowest BCUT2D eigenvalue weighted by Gasteiger charge is -2.16. The molecule has 4 heteroatoms. The van der Waals surface area contributed by atoms with Gasteiger partial charge in [-0.15, -0.1) is 0 Å². The minimum absolute atomic E-state index is 0.395. The van der Waals surface area contributed by atoms with Crippen molar-refractivity contribution < 1.29 is 9.90 Å². The highest BCUT2D eigenvalue weighted by Gasteiger charge is 2.29. The molecule has 2 rings (SSSR count). The number of carbonyl (C=O) groups is 1. The predicted molar refractivity (Wildman–Crippen MR) is 79.0 cm³/mol. The minimum Gasteiger partial charge on any atom is -0.481 e. The number of hydrogen-bond donors (Lipinski definition) is 2. The number of imidazole rings is 1. The molecule has 1 atom stereocenters. The van der Waals surface area contributed by atoms with E-state index < -0.39 is 11.9 Å². The number of aryl methyl sites for hydroxylation is 2. The second-order valence-corrected chi connectivity index (χ2v) is 5.85. The zero-order valence-corrected chi connectivity index (χ0v) is 12.5. The fourth-order valence-electron chi connectivity index (χ4n) is 3.01. The zero-order chi connectivity index (χ0) is 14.4. The molecule has 1 unspecified atom stereocenters. The van der Waals surface area contributed by atoms with Gasteiger partial charge in [0.1, 0.15) is 11.7 Å². The normalized spacial score (nSPS) is 17.9. The van der Waals surface area contributed by atoms with Crippen molar-refractivity contribution in [1.29, 1.82) is 0 Å². The van der Waals surface area contributed by atoms with Gasteiger partial charge in [0.25, 0.3) is 0 Å². The lowest BCUT2D eigenvalue weighted by molar-refractivity contribution is -0.139. The molecule has 1 aromatic heterocycles. The monoisotopic (exact) mass is 278 g/mol. The maximum atomic E-state index is 11.2. The number of unbranched alkanes of at least 4 members (excludes halogenated alkanes) is 5. The van der Waals surface area contributed by atoms with Crippen LogP contribution in [0.2, 0.25) is 0 Å². The largest absolute Gasteiger partial charge is 0.481 e. The highest BCUT2D eigenvalue weighted by Crippen LogP contribution is 2.30. The van der Waals surface area contributed by atoms with Crippen LogP contribution in [0.1, 0.15) is 81.4 Å². The Balaban J connectivity index is 1.83. The number of aromatic amines is 1. The molecule has 1 aliphatic carbocycles. The van der Waals surface area contributed by atoms with Crippen LogP contribution in [-0.4, -0.2) is 21.0 Å². The molecule has 0 fully saturated rings. The standard InChI is InChI=1S/C16H26N2O2/c1-2-3-4-5-6-7-11-14-17-13-10-8-9-12(16(19)20)15(13)18-14/h12H,2-11H2,1H3,(H,17,18)(H,19,20). The Morgan fingerprint density at radius 3 is 2.80 bits per heavy atom. The lowest BCUT2D eigenvalue weighted by Crippen LogP contribution is -2.17. The number of hydrogen-bond acceptors (Lipinski definition) is 2. The number of carboxylic acids is 1. The molecule has 0 saturated carbocycles. The number of aromatic nitrogens is 2. The predicted octanol–water partition coefficient (Wildman–Crippen LogP) is 3.82. The van der Waals surface area contributed by atoms with Gasteiger partial charge in [0.2, 0.25) is 0 Å². The van der Waals surface area contributed by atoms with Gasteiger partial charge in [-0.25, -0.2) is 4.98 Å². The minimum atomic E-state index is -0.733. The van der Waals surface area contributed by atoms with Gasteiger partial charge in [-0.1, -0.05) is 39.0 Å². The van der Waals surface area contributed by atoms with Crippen molar-refractivity contribution in [2.45, 2.75) is 77.0 Å². The molecule has 0 radical (unpaired) electrons. The van der Waals surface area contributed by atoms with Crippen LogP contribution in [0, 0.1) is 0 Å². The first-order chi connectivity index (χ1) is 9.72. The van der Waals surface area contributed by atoms with Crippen LogP contribution in [0.15, 0.2) is 0 Å². The SMILES string of the molecule is CCCCCCCCc1nc2c([nH]1)CCCC2C(=O)O. The molecule has 0 spiro atoms. The molecule has 0 saturated heterocycles. The van der Waals surface area contributed by atoms with Gasteiger partial charge in [0, 0.05) is 12.1 Å². The van der Waals surface area contributed by atoms with E-state index in [1.165, 1.54) is 32.1 Å². The summed E-state index contributed by atoms with van der Waals surface area (Å²) >= 11 is 0. The zero-order valence-electron chi connectivity index (χ0n) is 12.5. The Labute approximate surface area is 121 Å². The first-order valence-corrected chi connectivity index (χ1v) is 8.02. The fraction of sp³-hybridized carbons (Fsp3) is 0.750. The second kappa shape index (κ2) is 7.46. The van der Waals surface area contributed by atoms with Crippen molar-refractivity contribution in [3.8, 4) is 0 Å². The van der Waals surface area contributed by atoms with E-state index in [1.807, 2.05) is 0 Å². The maximum Gasteiger partial charge on any atom is 0.312 e. The Morgan fingerprint density at radius 2 is 2.05 bits per heavy atom. The number of carboxylic acid groups (broad SMARTS) is 1. The summed E-state index contributed by atoms with van der Waals surface area (Å²) in [5.41, 5.74) is 1.86. The molecule has 1 aromatic rings. The van der Waals surface area contributed by atoms with Gasteiger partial charge in [-0.05, 0) is 25.7 Å². The summed E-state index contributed by atoms with van der Waals surface area (Å²) in [7, 11) is 0. The van der Waals surface area contributed by atoms with Gasteiger partial charge >= 0.3 is 5.97 Å². The summed E-state index contributed by atoms with van der Waals surface area (Å²) in [6.07, 6.45) is 11.2. The van der Waals surface area contributed by atoms with E-state index in [4.69, 9.17) is 0 Å². The van der Waals surface area contributed by atoms with Crippen molar-refractivity contribution in [2.24, 2.45) is 0 Å². The van der Waals surface area contributed by atoms with E-state index in [2.05, 4.69) is 16.9 Å². The van der Waals surface area contributed by atoms with Crippen LogP contribution in [0.5, 0.6) is 0 Å². The summed E-state index contributed by atoms with van der Waals surface area (Å²) in [6.45, 7) is 2.23. The molecule has 0 aromatic carbocycles. The second-order valence-electron chi connectivity index (χ2n) is 5.85. The maximum absolute atomic E-state index is 11.2. The molecule has 112 valence electrons. The molecule has 0 amide bonds. The van der Waals surface area contributed by atoms with Gasteiger partial charge in [-0.3, -0.25) is 4.79 Å². The summed E-state index contributed by atoms with van der Waals surface area (Å²) in [5, 5.41) is 9.24. The number of nitrogens with one attached hydrogen (secondary N) is 1. The Morgan fingerprint density at radius 1 is 1.30 bits per heavy atom. The Kier molecular flexibility index (Phi) is 5.62. The first kappa shape index (κ1) is 15.1. The van der Waals surface area contributed by atoms with Gasteiger partial charge < -0.3 is 10.1 Å². The lowest BCUT2D eigenvalue weighted by atomic mass is 9.90. The van der Waals surface area contributed by atoms with Crippen molar-refractivity contribution in [2.75, 3.05) is 0 Å². The van der Waals surface area contributed by atoms with Crippen molar-refractivity contribution in [3.63, 3.8) is 0 Å². The van der Waals surface area contributed by atoms with Crippen molar-refractivity contribution in [1.82, 2.24) is 9.97 Å². The van der Waals surface area contributed by atoms with Gasteiger partial charge in [0.05, 0.1) is 5.69 Å². The average molecular weight is 278 g/mol. The molecule has 20 heavy (non-hydrogen) atoms. The third kappa shape index (κ3) is 3.84. The van der Waals surface area contributed by atoms with E-state index in [0.717, 1.165) is 49.3 Å². The number of fused-ring (bicyclic) bond motifs is 1. The highest BCUT2D eigenvalue weighted by molar-refractivity contribution is 5.76. The summed E-state index contributed by atoms with van der Waals surface area (Å²) < 4.78 is 0. The topological polar surface area (TPSA) is 66.0 Å². The van der Waals surface area contributed by atoms with E-state index in [0.29, 0.717) is 0 Å². The van der Waals surface area contributed by atoms with E-state index in [1.54, 1.807) is 0 Å². The third-order valence-electron chi connectivity index (χ3n) is 4.17. The van der Waals surface area contributed by atoms with E-state index in [-0.39, 0.29) is 0 Å². The molecule has 1 aliphatic rings.